The number of nitrogens with one attached hydrogen (secondary N) is 1. The fourth-order valence-corrected chi connectivity index (χ4v) is 3.23. The van der Waals surface area contributed by atoms with Crippen LogP contribution in [0.1, 0.15) is 25.7 Å². The van der Waals surface area contributed by atoms with Crippen LogP contribution in [0.5, 0.6) is 0 Å². The van der Waals surface area contributed by atoms with Gasteiger partial charge in [-0.25, -0.2) is 9.59 Å². The Morgan fingerprint density at radius 3 is 2.14 bits per heavy atom. The number of amides is 3. The van der Waals surface area contributed by atoms with Crippen molar-refractivity contribution in [1.82, 2.24) is 15.1 Å². The normalized spacial score (nSPS) is 21.0. The van der Waals surface area contributed by atoms with Crippen molar-refractivity contribution in [1.29, 1.82) is 0 Å². The van der Waals surface area contributed by atoms with E-state index in [-0.39, 0.29) is 18.7 Å². The second kappa shape index (κ2) is 6.83. The first-order valence-corrected chi connectivity index (χ1v) is 7.59. The summed E-state index contributed by atoms with van der Waals surface area (Å²) in [6.07, 6.45) is 5.38. The number of urea groups is 1. The van der Waals surface area contributed by atoms with E-state index in [0.29, 0.717) is 5.41 Å². The zero-order valence-corrected chi connectivity index (χ0v) is 12.8. The summed E-state index contributed by atoms with van der Waals surface area (Å²) in [6.45, 7) is 6.91. The van der Waals surface area contributed by atoms with E-state index in [2.05, 4.69) is 11.9 Å². The van der Waals surface area contributed by atoms with Crippen molar-refractivity contribution >= 4 is 12.1 Å². The molecule has 21 heavy (non-hydrogen) atoms. The van der Waals surface area contributed by atoms with Crippen LogP contribution in [0.25, 0.3) is 0 Å². The number of ether oxygens (including phenoxy) is 1. The molecule has 0 aromatic carbocycles. The first-order valence-electron chi connectivity index (χ1n) is 7.59. The Kier molecular flexibility index (Phi) is 5.09. The van der Waals surface area contributed by atoms with E-state index in [1.54, 1.807) is 18.0 Å². The largest absolute Gasteiger partial charge is 0.445 e. The van der Waals surface area contributed by atoms with Crippen molar-refractivity contribution in [2.45, 2.75) is 25.7 Å². The SMILES string of the molecule is C=CCOC(=O)N1CCC2(CCN(C(=O)NC)CC2)CC1. The summed E-state index contributed by atoms with van der Waals surface area (Å²) in [4.78, 5) is 27.1. The summed E-state index contributed by atoms with van der Waals surface area (Å²) in [6, 6.07) is 0.00953. The Morgan fingerprint density at radius 2 is 1.67 bits per heavy atom. The molecule has 2 fully saturated rings. The quantitative estimate of drug-likeness (QED) is 0.791. The lowest BCUT2D eigenvalue weighted by Gasteiger charge is -2.46. The molecule has 2 rings (SSSR count). The van der Waals surface area contributed by atoms with Crippen molar-refractivity contribution in [2.75, 3.05) is 39.8 Å². The monoisotopic (exact) mass is 295 g/mol. The minimum atomic E-state index is -0.243. The number of carbonyl (C=O) groups is 2. The molecule has 0 unspecified atom stereocenters. The van der Waals surface area contributed by atoms with Gasteiger partial charge in [0, 0.05) is 33.2 Å². The van der Waals surface area contributed by atoms with Crippen LogP contribution >= 0.6 is 0 Å². The molecule has 0 aromatic rings. The van der Waals surface area contributed by atoms with E-state index in [1.165, 1.54) is 0 Å². The fourth-order valence-electron chi connectivity index (χ4n) is 3.23. The zero-order chi connectivity index (χ0) is 15.3. The van der Waals surface area contributed by atoms with Crippen LogP contribution in [0.2, 0.25) is 0 Å². The molecular weight excluding hydrogens is 270 g/mol. The molecule has 2 aliphatic rings. The average Bonchev–Trinajstić information content (AvgIpc) is 2.53. The van der Waals surface area contributed by atoms with Gasteiger partial charge in [-0.2, -0.15) is 0 Å². The smallest absolute Gasteiger partial charge is 0.410 e. The number of carbonyl (C=O) groups excluding carboxylic acids is 2. The number of hydrogen-bond acceptors (Lipinski definition) is 3. The Hall–Kier alpha value is -1.72. The van der Waals surface area contributed by atoms with E-state index < -0.39 is 0 Å². The topological polar surface area (TPSA) is 61.9 Å². The molecule has 2 saturated heterocycles. The highest BCUT2D eigenvalue weighted by Crippen LogP contribution is 2.41. The first-order chi connectivity index (χ1) is 10.1. The van der Waals surface area contributed by atoms with Crippen molar-refractivity contribution in [3.63, 3.8) is 0 Å². The van der Waals surface area contributed by atoms with Gasteiger partial charge in [0.1, 0.15) is 6.61 Å². The van der Waals surface area contributed by atoms with Gasteiger partial charge >= 0.3 is 12.1 Å². The second-order valence-corrected chi connectivity index (χ2v) is 5.89. The van der Waals surface area contributed by atoms with Crippen LogP contribution < -0.4 is 5.32 Å². The minimum absolute atomic E-state index is 0.00953. The molecule has 0 saturated carbocycles. The zero-order valence-electron chi connectivity index (χ0n) is 12.8. The van der Waals surface area contributed by atoms with E-state index in [4.69, 9.17) is 4.74 Å². The number of hydrogen-bond donors (Lipinski definition) is 1. The molecule has 2 heterocycles. The number of likely N-dealkylation sites (tertiary alicyclic amines) is 2. The van der Waals surface area contributed by atoms with Gasteiger partial charge in [-0.3, -0.25) is 0 Å². The lowest BCUT2D eigenvalue weighted by atomic mass is 9.71. The Labute approximate surface area is 126 Å². The average molecular weight is 295 g/mol. The third kappa shape index (κ3) is 3.68. The number of rotatable bonds is 2. The second-order valence-electron chi connectivity index (χ2n) is 5.89. The Balaban J connectivity index is 1.80. The summed E-state index contributed by atoms with van der Waals surface area (Å²) >= 11 is 0. The molecule has 1 spiro atoms. The molecule has 6 nitrogen and oxygen atoms in total. The maximum Gasteiger partial charge on any atom is 0.410 e. The van der Waals surface area contributed by atoms with Gasteiger partial charge in [0.15, 0.2) is 0 Å². The van der Waals surface area contributed by atoms with Crippen LogP contribution in [0.4, 0.5) is 9.59 Å². The van der Waals surface area contributed by atoms with Crippen molar-refractivity contribution < 1.29 is 14.3 Å². The van der Waals surface area contributed by atoms with Gasteiger partial charge in [0.05, 0.1) is 0 Å². The summed E-state index contributed by atoms with van der Waals surface area (Å²) in [5, 5.41) is 2.68. The molecule has 0 bridgehead atoms. The van der Waals surface area contributed by atoms with E-state index in [1.807, 2.05) is 4.90 Å². The third-order valence-electron chi connectivity index (χ3n) is 4.73. The molecule has 118 valence electrons. The molecule has 0 atom stereocenters. The molecule has 6 heteroatoms. The van der Waals surface area contributed by atoms with Crippen LogP contribution in [0, 0.1) is 5.41 Å². The van der Waals surface area contributed by atoms with E-state index in [9.17, 15) is 9.59 Å². The standard InChI is InChI=1S/C15H25N3O3/c1-3-12-21-14(20)18-10-6-15(7-11-18)4-8-17(9-5-15)13(19)16-2/h3H,1,4-12H2,2H3,(H,16,19). The molecule has 3 amide bonds. The molecule has 0 aliphatic carbocycles. The van der Waals surface area contributed by atoms with Gasteiger partial charge in [-0.15, -0.1) is 0 Å². The van der Waals surface area contributed by atoms with Gasteiger partial charge in [0.25, 0.3) is 0 Å². The third-order valence-corrected chi connectivity index (χ3v) is 4.73. The molecule has 2 aliphatic heterocycles. The molecule has 1 N–H and O–H groups in total. The van der Waals surface area contributed by atoms with Gasteiger partial charge in [-0.1, -0.05) is 12.7 Å². The highest BCUT2D eigenvalue weighted by Gasteiger charge is 2.39. The van der Waals surface area contributed by atoms with E-state index in [0.717, 1.165) is 51.9 Å². The summed E-state index contributed by atoms with van der Waals surface area (Å²) in [5.41, 5.74) is 0.291. The van der Waals surface area contributed by atoms with Crippen LogP contribution in [-0.2, 0) is 4.74 Å². The first kappa shape index (κ1) is 15.7. The van der Waals surface area contributed by atoms with Crippen molar-refractivity contribution in [3.05, 3.63) is 12.7 Å². The van der Waals surface area contributed by atoms with Crippen LogP contribution in [0.3, 0.4) is 0 Å². The van der Waals surface area contributed by atoms with Crippen LogP contribution in [-0.4, -0.2) is 61.8 Å². The lowest BCUT2D eigenvalue weighted by molar-refractivity contribution is 0.0383. The minimum Gasteiger partial charge on any atom is -0.445 e. The lowest BCUT2D eigenvalue weighted by Crippen LogP contribution is -2.50. The summed E-state index contributed by atoms with van der Waals surface area (Å²) < 4.78 is 5.08. The maximum absolute atomic E-state index is 11.8. The summed E-state index contributed by atoms with van der Waals surface area (Å²) in [7, 11) is 1.67. The molecule has 0 radical (unpaired) electrons. The van der Waals surface area contributed by atoms with Crippen molar-refractivity contribution in [3.8, 4) is 0 Å². The predicted octanol–water partition coefficient (Wildman–Crippen LogP) is 1.83. The van der Waals surface area contributed by atoms with Crippen LogP contribution in [0.15, 0.2) is 12.7 Å². The Bertz CT molecular complexity index is 393. The highest BCUT2D eigenvalue weighted by atomic mass is 16.6. The van der Waals surface area contributed by atoms with Gasteiger partial charge in [-0.05, 0) is 31.1 Å². The molecular formula is C15H25N3O3. The number of nitrogens with zero attached hydrogens (tertiary/aromatic N) is 2. The van der Waals surface area contributed by atoms with Crippen molar-refractivity contribution in [2.24, 2.45) is 5.41 Å². The molecule has 0 aromatic heterocycles. The fraction of sp³-hybridized carbons (Fsp3) is 0.733. The van der Waals surface area contributed by atoms with E-state index >= 15 is 0 Å². The predicted molar refractivity (Wildman–Crippen MR) is 80.0 cm³/mol. The number of piperidine rings is 2. The maximum atomic E-state index is 11.8. The van der Waals surface area contributed by atoms with Gasteiger partial charge < -0.3 is 19.9 Å². The highest BCUT2D eigenvalue weighted by molar-refractivity contribution is 5.73. The summed E-state index contributed by atoms with van der Waals surface area (Å²) in [5.74, 6) is 0. The Morgan fingerprint density at radius 1 is 1.14 bits per heavy atom. The van der Waals surface area contributed by atoms with Gasteiger partial charge in [0.2, 0.25) is 0 Å².